The highest BCUT2D eigenvalue weighted by Gasteiger charge is 2.20. The molecule has 0 saturated carbocycles. The van der Waals surface area contributed by atoms with Crippen molar-refractivity contribution < 1.29 is 118 Å². The van der Waals surface area contributed by atoms with Crippen LogP contribution in [0.15, 0.2) is 53.4 Å². The van der Waals surface area contributed by atoms with E-state index in [0.717, 1.165) is 17.7 Å². The Bertz CT molecular complexity index is 2010. The fourth-order valence-corrected chi connectivity index (χ4v) is 6.36. The number of rotatable bonds is 43. The van der Waals surface area contributed by atoms with E-state index in [9.17, 15) is 18.0 Å². The van der Waals surface area contributed by atoms with E-state index in [1.807, 2.05) is 6.92 Å². The van der Waals surface area contributed by atoms with Gasteiger partial charge in [0.2, 0.25) is 5.75 Å². The van der Waals surface area contributed by atoms with Crippen LogP contribution in [0.4, 0.5) is 0 Å². The van der Waals surface area contributed by atoms with Crippen molar-refractivity contribution in [3.05, 3.63) is 65.2 Å². The maximum absolute atomic E-state index is 12.4. The molecule has 3 aromatic rings. The minimum atomic E-state index is -3.71. The largest absolute Gasteiger partial charge is 0.504 e. The van der Waals surface area contributed by atoms with Gasteiger partial charge in [-0.05, 0) is 43.3 Å². The second-order valence-corrected chi connectivity index (χ2v) is 16.8. The number of hydrogen-bond acceptors (Lipinski definition) is 25. The van der Waals surface area contributed by atoms with Crippen LogP contribution in [0, 0.1) is 6.92 Å². The highest BCUT2D eigenvalue weighted by atomic mass is 32.2. The number of methoxy groups -OCH3 is 6. The molecule has 440 valence electrons. The lowest BCUT2D eigenvalue weighted by atomic mass is 10.2. The standard InChI is InChI=1S/C29H50O14.C14H22O6S.C8H8O5/c1-31-5-8-35-11-14-38-17-20-41-26-23-25(29(30)34-4)24-27(42-21-18-39-15-12-36-9-6-32-2)28(26)43-22-19-40-16-13-37-10-7-33-3;1-13-3-5-14(6-4-13)21(15,16)20-12-11-19-10-9-18-8-7-17-2;1-13-8(12)4-2-5(9)7(11)6(10)3-4/h23-24H,5-22H2,1-4H3;3-6H,7-12H2,1-2H3;2-3,9-11H,1H3. The van der Waals surface area contributed by atoms with Crippen molar-refractivity contribution in [1.82, 2.24) is 0 Å². The SMILES string of the molecule is COC(=O)c1cc(O)c(O)c(O)c1.COCCOCCOCCOS(=O)(=O)c1ccc(C)cc1.COCCOCCOCCOc1cc(C(=O)OC)cc(OCCOCCOCCOC)c1OCCOCCOCCOC. The zero-order valence-electron chi connectivity index (χ0n) is 45.3. The van der Waals surface area contributed by atoms with Gasteiger partial charge >= 0.3 is 11.9 Å². The molecule has 0 heterocycles. The smallest absolute Gasteiger partial charge is 0.338 e. The summed E-state index contributed by atoms with van der Waals surface area (Å²) in [4.78, 5) is 23.4. The van der Waals surface area contributed by atoms with Crippen molar-refractivity contribution >= 4 is 22.1 Å². The fraction of sp³-hybridized carbons (Fsp3) is 0.608. The first kappa shape index (κ1) is 69.8. The zero-order valence-corrected chi connectivity index (χ0v) is 46.1. The lowest BCUT2D eigenvalue weighted by Crippen LogP contribution is -2.16. The molecule has 0 aromatic heterocycles. The second-order valence-electron chi connectivity index (χ2n) is 15.2. The summed E-state index contributed by atoms with van der Waals surface area (Å²) >= 11 is 0. The number of esters is 2. The average Bonchev–Trinajstić information content (AvgIpc) is 3.42. The summed E-state index contributed by atoms with van der Waals surface area (Å²) in [6, 6.07) is 11.6. The predicted molar refractivity (Wildman–Crippen MR) is 275 cm³/mol. The maximum Gasteiger partial charge on any atom is 0.338 e. The molecule has 26 heteroatoms. The average molecular weight is 1130 g/mol. The molecule has 0 fully saturated rings. The minimum Gasteiger partial charge on any atom is -0.504 e. The number of hydrogen-bond donors (Lipinski definition) is 3. The molecule has 0 bridgehead atoms. The molecule has 77 heavy (non-hydrogen) atoms. The Labute approximate surface area is 451 Å². The molecular weight excluding hydrogens is 1040 g/mol. The van der Waals surface area contributed by atoms with Crippen molar-refractivity contribution in [3.63, 3.8) is 0 Å². The molecule has 0 saturated heterocycles. The third-order valence-corrected chi connectivity index (χ3v) is 10.7. The number of aromatic hydroxyl groups is 3. The van der Waals surface area contributed by atoms with Gasteiger partial charge in [0.05, 0.1) is 169 Å². The topological polar surface area (TPSA) is 295 Å². The number of benzene rings is 3. The van der Waals surface area contributed by atoms with E-state index >= 15 is 0 Å². The fourth-order valence-electron chi connectivity index (χ4n) is 5.47. The van der Waals surface area contributed by atoms with Gasteiger partial charge in [-0.15, -0.1) is 0 Å². The third-order valence-electron chi connectivity index (χ3n) is 9.37. The number of carbonyl (C=O) groups excluding carboxylic acids is 2. The van der Waals surface area contributed by atoms with Crippen LogP contribution in [-0.2, 0) is 80.6 Å². The van der Waals surface area contributed by atoms with Crippen LogP contribution in [-0.4, -0.2) is 237 Å². The van der Waals surface area contributed by atoms with Crippen molar-refractivity contribution in [1.29, 1.82) is 0 Å². The van der Waals surface area contributed by atoms with E-state index in [0.29, 0.717) is 130 Å². The minimum absolute atomic E-state index is 0.0196. The van der Waals surface area contributed by atoms with Crippen LogP contribution in [0.1, 0.15) is 26.3 Å². The Morgan fingerprint density at radius 1 is 0.403 bits per heavy atom. The third kappa shape index (κ3) is 33.7. The lowest BCUT2D eigenvalue weighted by molar-refractivity contribution is 0.0146. The van der Waals surface area contributed by atoms with E-state index in [4.69, 9.17) is 95.3 Å². The molecule has 0 aliphatic rings. The first-order valence-electron chi connectivity index (χ1n) is 24.3. The maximum atomic E-state index is 12.4. The number of carbonyl (C=O) groups is 2. The highest BCUT2D eigenvalue weighted by Crippen LogP contribution is 2.39. The lowest BCUT2D eigenvalue weighted by Gasteiger charge is -2.18. The summed E-state index contributed by atoms with van der Waals surface area (Å²) in [6.07, 6.45) is 0. The number of ether oxygens (including phenoxy) is 17. The van der Waals surface area contributed by atoms with E-state index < -0.39 is 39.3 Å². The highest BCUT2D eigenvalue weighted by molar-refractivity contribution is 7.86. The number of aryl methyl sites for hydroxylation is 1. The Morgan fingerprint density at radius 3 is 1.04 bits per heavy atom. The van der Waals surface area contributed by atoms with Crippen molar-refractivity contribution in [2.75, 3.05) is 201 Å². The molecule has 0 spiro atoms. The Morgan fingerprint density at radius 2 is 0.701 bits per heavy atom. The quantitative estimate of drug-likeness (QED) is 0.0315. The number of phenols is 3. The van der Waals surface area contributed by atoms with E-state index in [-0.39, 0.29) is 62.3 Å². The van der Waals surface area contributed by atoms with Crippen molar-refractivity contribution in [2.45, 2.75) is 11.8 Å². The zero-order chi connectivity index (χ0) is 56.8. The van der Waals surface area contributed by atoms with E-state index in [2.05, 4.69) is 4.74 Å². The summed E-state index contributed by atoms with van der Waals surface area (Å²) in [6.45, 7) is 11.0. The molecule has 0 unspecified atom stereocenters. The van der Waals surface area contributed by atoms with Crippen LogP contribution in [0.2, 0.25) is 0 Å². The summed E-state index contributed by atoms with van der Waals surface area (Å²) in [5.74, 6) is -2.13. The van der Waals surface area contributed by atoms with Crippen LogP contribution in [0.3, 0.4) is 0 Å². The number of phenolic OH excluding ortho intramolecular Hbond substituents is 3. The molecule has 0 radical (unpaired) electrons. The van der Waals surface area contributed by atoms with Gasteiger partial charge in [0.1, 0.15) is 19.8 Å². The molecule has 0 atom stereocenters. The molecule has 0 aliphatic heterocycles. The van der Waals surface area contributed by atoms with Gasteiger partial charge in [-0.3, -0.25) is 4.18 Å². The Kier molecular flexibility index (Phi) is 41.6. The van der Waals surface area contributed by atoms with Gasteiger partial charge < -0.3 is 95.8 Å². The monoisotopic (exact) mass is 1120 g/mol. The summed E-state index contributed by atoms with van der Waals surface area (Å²) in [5.41, 5.74) is 1.20. The molecular formula is C51H80O25S. The van der Waals surface area contributed by atoms with E-state index in [1.54, 1.807) is 52.7 Å². The van der Waals surface area contributed by atoms with Crippen LogP contribution in [0.5, 0.6) is 34.5 Å². The van der Waals surface area contributed by atoms with Gasteiger partial charge in [-0.25, -0.2) is 9.59 Å². The van der Waals surface area contributed by atoms with Gasteiger partial charge in [-0.2, -0.15) is 8.42 Å². The molecule has 3 rings (SSSR count). The predicted octanol–water partition coefficient (Wildman–Crippen LogP) is 3.62. The molecule has 0 aliphatic carbocycles. The van der Waals surface area contributed by atoms with Gasteiger partial charge in [-0.1, -0.05) is 17.7 Å². The molecule has 3 aromatic carbocycles. The van der Waals surface area contributed by atoms with Crippen LogP contribution in [0.25, 0.3) is 0 Å². The van der Waals surface area contributed by atoms with Crippen molar-refractivity contribution in [3.8, 4) is 34.5 Å². The Balaban J connectivity index is 0.000000709. The van der Waals surface area contributed by atoms with Crippen molar-refractivity contribution in [2.24, 2.45) is 0 Å². The Hall–Kier alpha value is -5.17. The van der Waals surface area contributed by atoms with E-state index in [1.165, 1.54) is 26.4 Å². The molecule has 0 amide bonds. The van der Waals surface area contributed by atoms with Gasteiger partial charge in [0.15, 0.2) is 28.7 Å². The van der Waals surface area contributed by atoms with Crippen LogP contribution >= 0.6 is 0 Å². The normalized spacial score (nSPS) is 11.0. The van der Waals surface area contributed by atoms with Gasteiger partial charge in [0, 0.05) is 28.4 Å². The summed E-state index contributed by atoms with van der Waals surface area (Å²) < 4.78 is 119. The molecule has 3 N–H and O–H groups in total. The summed E-state index contributed by atoms with van der Waals surface area (Å²) in [5, 5.41) is 26.9. The van der Waals surface area contributed by atoms with Crippen LogP contribution < -0.4 is 14.2 Å². The second kappa shape index (κ2) is 45.8. The first-order valence-corrected chi connectivity index (χ1v) is 25.7. The summed E-state index contributed by atoms with van der Waals surface area (Å²) in [7, 11) is 5.21. The first-order chi connectivity index (χ1) is 37.3. The molecule has 25 nitrogen and oxygen atoms in total. The van der Waals surface area contributed by atoms with Gasteiger partial charge in [0.25, 0.3) is 10.1 Å².